The number of quaternary nitrogens is 1. The number of nitrogens with one attached hydrogen (secondary N) is 1. The molecule has 26 valence electrons. The Balaban J connectivity index is 0.000000160. The maximum Gasteiger partial charge on any atom is 0.0610 e. The first-order chi connectivity index (χ1) is 1.89. The Kier molecular flexibility index (Phi) is 2.34. The Morgan fingerprint density at radius 1 is 1.40 bits per heavy atom. The van der Waals surface area contributed by atoms with Crippen molar-refractivity contribution in [3.63, 3.8) is 0 Å². The van der Waals surface area contributed by atoms with Crippen molar-refractivity contribution >= 4 is 0 Å². The SMILES string of the molecule is [Cd].[O-][NH+]1OO1. The fourth-order valence-corrected chi connectivity index (χ4v) is 0.0170. The molecule has 1 fully saturated rings. The van der Waals surface area contributed by atoms with Crippen LogP contribution in [0.2, 0.25) is 0 Å². The molecule has 0 radical (unpaired) electrons. The molecule has 1 rings (SSSR count). The molecule has 0 atom stereocenters. The van der Waals surface area contributed by atoms with Crippen LogP contribution in [-0.4, -0.2) is 0 Å². The van der Waals surface area contributed by atoms with Gasteiger partial charge in [0.15, 0.2) is 0 Å². The first kappa shape index (κ1) is 5.76. The van der Waals surface area contributed by atoms with Gasteiger partial charge in [0.2, 0.25) is 0 Å². The summed E-state index contributed by atoms with van der Waals surface area (Å²) >= 11 is 0. The third kappa shape index (κ3) is 2.57. The largest absolute Gasteiger partial charge is 0.561 e. The molecule has 0 bridgehead atoms. The second kappa shape index (κ2) is 2.03. The number of rotatable bonds is 0. The minimum Gasteiger partial charge on any atom is -0.561 e. The van der Waals surface area contributed by atoms with E-state index >= 15 is 0 Å². The fourth-order valence-electron chi connectivity index (χ4n) is 0.0170. The van der Waals surface area contributed by atoms with E-state index in [9.17, 15) is 0 Å². The van der Waals surface area contributed by atoms with E-state index in [-0.39, 0.29) is 27.3 Å². The molecule has 0 aromatic carbocycles. The van der Waals surface area contributed by atoms with E-state index in [1.54, 1.807) is 0 Å². The smallest absolute Gasteiger partial charge is 0.0610 e. The van der Waals surface area contributed by atoms with Crippen molar-refractivity contribution in [2.45, 2.75) is 0 Å². The van der Waals surface area contributed by atoms with Gasteiger partial charge in [-0.1, -0.05) is 0 Å². The molecule has 5 heteroatoms. The van der Waals surface area contributed by atoms with E-state index in [0.717, 1.165) is 0 Å². The number of hydrogen-bond acceptors (Lipinski definition) is 3. The van der Waals surface area contributed by atoms with E-state index in [1.807, 2.05) is 0 Å². The van der Waals surface area contributed by atoms with Crippen LogP contribution in [0.1, 0.15) is 0 Å². The van der Waals surface area contributed by atoms with E-state index in [0.29, 0.717) is 0 Å². The molecule has 1 N–H and O–H groups in total. The van der Waals surface area contributed by atoms with Gasteiger partial charge in [0.05, 0.1) is 9.98 Å². The molecular formula is HCdNO3. The Hall–Kier alpha value is 0.762. The first-order valence-corrected chi connectivity index (χ1v) is 0.779. The van der Waals surface area contributed by atoms with Crippen molar-refractivity contribution in [3.05, 3.63) is 5.21 Å². The molecule has 5 heavy (non-hydrogen) atoms. The molecule has 1 heterocycles. The maximum atomic E-state index is 9.11. The first-order valence-electron chi connectivity index (χ1n) is 0.779. The molecule has 0 unspecified atom stereocenters. The summed E-state index contributed by atoms with van der Waals surface area (Å²) in [6.07, 6.45) is 0. The Morgan fingerprint density at radius 2 is 1.60 bits per heavy atom. The van der Waals surface area contributed by atoms with E-state index < -0.39 is 5.39 Å². The van der Waals surface area contributed by atoms with Crippen molar-refractivity contribution < 1.29 is 42.7 Å². The zero-order valence-corrected chi connectivity index (χ0v) is 6.47. The summed E-state index contributed by atoms with van der Waals surface area (Å²) in [5, 5.41) is 8.53. The van der Waals surface area contributed by atoms with Crippen LogP contribution in [0.15, 0.2) is 0 Å². The Labute approximate surface area is 48.2 Å². The molecule has 0 aromatic rings. The molecule has 1 aliphatic heterocycles. The molecule has 0 saturated carbocycles. The monoisotopic (exact) mass is 177 g/mol. The predicted octanol–water partition coefficient (Wildman–Crippen LogP) is -1.84. The van der Waals surface area contributed by atoms with Crippen LogP contribution in [0, 0.1) is 5.21 Å². The molecule has 0 aliphatic carbocycles. The molecule has 0 aromatic heterocycles. The van der Waals surface area contributed by atoms with Gasteiger partial charge in [0.25, 0.3) is 0 Å². The summed E-state index contributed by atoms with van der Waals surface area (Å²) < 4.78 is 0. The van der Waals surface area contributed by atoms with E-state index in [2.05, 4.69) is 9.98 Å². The Bertz CT molecular complexity index is 26.1. The minimum atomic E-state index is -0.583. The second-order valence-corrected chi connectivity index (χ2v) is 0.417. The summed E-state index contributed by atoms with van der Waals surface area (Å²) in [6.45, 7) is 0. The van der Waals surface area contributed by atoms with Crippen molar-refractivity contribution in [1.29, 1.82) is 0 Å². The van der Waals surface area contributed by atoms with Crippen LogP contribution < -0.4 is 5.39 Å². The van der Waals surface area contributed by atoms with Gasteiger partial charge in [0.1, 0.15) is 0 Å². The second-order valence-electron chi connectivity index (χ2n) is 0.417. The van der Waals surface area contributed by atoms with Gasteiger partial charge >= 0.3 is 0 Å². The van der Waals surface area contributed by atoms with Crippen LogP contribution in [0.25, 0.3) is 0 Å². The van der Waals surface area contributed by atoms with Gasteiger partial charge in [-0.25, -0.2) is 0 Å². The zero-order chi connectivity index (χ0) is 2.99. The van der Waals surface area contributed by atoms with Crippen LogP contribution in [0.5, 0.6) is 0 Å². The molecular weight excluding hydrogens is 174 g/mol. The zero-order valence-electron chi connectivity index (χ0n) is 2.43. The maximum absolute atomic E-state index is 9.11. The molecule has 4 nitrogen and oxygen atoms in total. The van der Waals surface area contributed by atoms with Gasteiger partial charge in [-0.05, 0) is 5.39 Å². The third-order valence-corrected chi connectivity index (χ3v) is 0.151. The minimum absolute atomic E-state index is 0. The van der Waals surface area contributed by atoms with Gasteiger partial charge in [-0.15, -0.1) is 0 Å². The summed E-state index contributed by atoms with van der Waals surface area (Å²) in [4.78, 5) is 7.14. The summed E-state index contributed by atoms with van der Waals surface area (Å²) in [6, 6.07) is 0. The van der Waals surface area contributed by atoms with Crippen molar-refractivity contribution in [1.82, 2.24) is 0 Å². The van der Waals surface area contributed by atoms with E-state index in [4.69, 9.17) is 5.21 Å². The topological polar surface area (TPSA) is 52.6 Å². The van der Waals surface area contributed by atoms with E-state index in [1.165, 1.54) is 0 Å². The fraction of sp³-hybridized carbons (Fsp3) is 0. The van der Waals surface area contributed by atoms with Crippen molar-refractivity contribution in [2.75, 3.05) is 0 Å². The summed E-state index contributed by atoms with van der Waals surface area (Å²) in [5.74, 6) is 0. The average molecular weight is 175 g/mol. The van der Waals surface area contributed by atoms with Gasteiger partial charge < -0.3 is 5.21 Å². The third-order valence-electron chi connectivity index (χ3n) is 0.151. The average Bonchev–Trinajstić information content (AvgIpc) is 1.75. The van der Waals surface area contributed by atoms with Crippen LogP contribution >= 0.6 is 0 Å². The summed E-state index contributed by atoms with van der Waals surface area (Å²) in [7, 11) is 0. The standard InChI is InChI=1S/Cd.HNO3/c;2-1-3-4-1/h;1H. The van der Waals surface area contributed by atoms with Gasteiger partial charge in [-0.3, -0.25) is 0 Å². The van der Waals surface area contributed by atoms with Crippen molar-refractivity contribution in [3.8, 4) is 0 Å². The van der Waals surface area contributed by atoms with Crippen LogP contribution in [-0.2, 0) is 37.3 Å². The Morgan fingerprint density at radius 3 is 1.60 bits per heavy atom. The predicted molar refractivity (Wildman–Crippen MR) is 6.50 cm³/mol. The van der Waals surface area contributed by atoms with Gasteiger partial charge in [-0.2, -0.15) is 0 Å². The normalized spacial score (nSPS) is 21.0. The number of hydrogen-bond donors (Lipinski definition) is 1. The molecule has 1 aliphatic rings. The van der Waals surface area contributed by atoms with Crippen molar-refractivity contribution in [2.24, 2.45) is 0 Å². The molecule has 1 saturated heterocycles. The van der Waals surface area contributed by atoms with Gasteiger partial charge in [0, 0.05) is 27.3 Å². The molecule has 0 spiro atoms. The molecule has 0 amide bonds. The van der Waals surface area contributed by atoms with Crippen LogP contribution in [0.3, 0.4) is 0 Å². The van der Waals surface area contributed by atoms with Crippen LogP contribution in [0.4, 0.5) is 0 Å². The quantitative estimate of drug-likeness (QED) is 0.204. The summed E-state index contributed by atoms with van der Waals surface area (Å²) in [5.41, 5.74) is 0.